The maximum absolute atomic E-state index is 11.8. The number of halogens is 2. The van der Waals surface area contributed by atoms with Crippen LogP contribution in [0.2, 0.25) is 0 Å². The van der Waals surface area contributed by atoms with E-state index in [0.29, 0.717) is 0 Å². The lowest BCUT2D eigenvalue weighted by molar-refractivity contribution is -0.119. The van der Waals surface area contributed by atoms with Gasteiger partial charge in [-0.05, 0) is 71.0 Å². The van der Waals surface area contributed by atoms with Crippen LogP contribution in [0.3, 0.4) is 0 Å². The summed E-state index contributed by atoms with van der Waals surface area (Å²) < 4.78 is 2.14. The molecule has 4 nitrogen and oxygen atoms in total. The average molecular weight is 472 g/mol. The molecule has 0 fully saturated rings. The molecule has 0 spiro atoms. The van der Waals surface area contributed by atoms with Gasteiger partial charge < -0.3 is 5.32 Å². The Morgan fingerprint density at radius 3 is 2.86 bits per heavy atom. The molecule has 0 saturated carbocycles. The van der Waals surface area contributed by atoms with Gasteiger partial charge in [0.05, 0.1) is 12.8 Å². The number of nitrogens with one attached hydrogen (secondary N) is 2. The third-order valence-corrected chi connectivity index (χ3v) is 4.04. The second kappa shape index (κ2) is 8.28. The summed E-state index contributed by atoms with van der Waals surface area (Å²) >= 11 is 5.65. The molecule has 6 heteroatoms. The number of hydrogen-bond acceptors (Lipinski definition) is 3. The Morgan fingerprint density at radius 1 is 1.32 bits per heavy atom. The summed E-state index contributed by atoms with van der Waals surface area (Å²) in [5, 5.41) is 7.05. The van der Waals surface area contributed by atoms with Crippen LogP contribution in [-0.2, 0) is 4.79 Å². The lowest BCUT2D eigenvalue weighted by atomic mass is 10.2. The molecule has 0 aromatic heterocycles. The number of hydrogen-bond donors (Lipinski definition) is 2. The van der Waals surface area contributed by atoms with E-state index < -0.39 is 0 Å². The lowest BCUT2D eigenvalue weighted by Gasteiger charge is -2.08. The summed E-state index contributed by atoms with van der Waals surface area (Å²) in [7, 11) is 0. The molecule has 0 bridgehead atoms. The Hall–Kier alpha value is -1.41. The highest BCUT2D eigenvalue weighted by Crippen LogP contribution is 2.17. The highest BCUT2D eigenvalue weighted by atomic mass is 127. The highest BCUT2D eigenvalue weighted by Gasteiger charge is 2.02. The van der Waals surface area contributed by atoms with Gasteiger partial charge in [-0.1, -0.05) is 28.1 Å². The van der Waals surface area contributed by atoms with Crippen molar-refractivity contribution in [2.45, 2.75) is 6.92 Å². The SMILES string of the molecule is Cc1cc(I)ccc1NCC(=O)N/N=C\c1cccc(Br)c1. The third kappa shape index (κ3) is 5.42. The smallest absolute Gasteiger partial charge is 0.259 e. The van der Waals surface area contributed by atoms with Gasteiger partial charge in [-0.15, -0.1) is 0 Å². The van der Waals surface area contributed by atoms with Crippen molar-refractivity contribution in [3.05, 3.63) is 61.6 Å². The van der Waals surface area contributed by atoms with Gasteiger partial charge in [-0.2, -0.15) is 5.10 Å². The molecule has 0 aliphatic carbocycles. The Morgan fingerprint density at radius 2 is 2.14 bits per heavy atom. The number of carbonyl (C=O) groups excluding carboxylic acids is 1. The molecular formula is C16H15BrIN3O. The molecule has 1 amide bonds. The molecule has 2 rings (SSSR count). The van der Waals surface area contributed by atoms with Crippen LogP contribution in [0.1, 0.15) is 11.1 Å². The Balaban J connectivity index is 1.83. The largest absolute Gasteiger partial charge is 0.376 e. The summed E-state index contributed by atoms with van der Waals surface area (Å²) in [6.07, 6.45) is 1.61. The molecule has 114 valence electrons. The number of amides is 1. The zero-order chi connectivity index (χ0) is 15.9. The lowest BCUT2D eigenvalue weighted by Crippen LogP contribution is -2.26. The van der Waals surface area contributed by atoms with E-state index in [1.54, 1.807) is 6.21 Å². The second-order valence-electron chi connectivity index (χ2n) is 4.66. The minimum atomic E-state index is -0.191. The standard InChI is InChI=1S/C16H15BrIN3O/c1-11-7-14(18)5-6-15(11)19-10-16(22)21-20-9-12-3-2-4-13(17)8-12/h2-9,19H,10H2,1H3,(H,21,22)/b20-9-. The van der Waals surface area contributed by atoms with Crippen molar-refractivity contribution < 1.29 is 4.79 Å². The van der Waals surface area contributed by atoms with E-state index in [1.165, 1.54) is 3.57 Å². The van der Waals surface area contributed by atoms with E-state index in [9.17, 15) is 4.79 Å². The first kappa shape index (κ1) is 17.0. The number of hydrazone groups is 1. The zero-order valence-corrected chi connectivity index (χ0v) is 15.7. The maximum Gasteiger partial charge on any atom is 0.259 e. The van der Waals surface area contributed by atoms with Crippen molar-refractivity contribution in [1.82, 2.24) is 5.43 Å². The number of aryl methyl sites for hydroxylation is 1. The molecule has 2 aromatic rings. The number of nitrogens with zero attached hydrogens (tertiary/aromatic N) is 1. The van der Waals surface area contributed by atoms with E-state index >= 15 is 0 Å². The fourth-order valence-corrected chi connectivity index (χ4v) is 2.87. The van der Waals surface area contributed by atoms with Crippen molar-refractivity contribution >= 4 is 56.3 Å². The molecule has 2 N–H and O–H groups in total. The van der Waals surface area contributed by atoms with Crippen LogP contribution in [-0.4, -0.2) is 18.7 Å². The second-order valence-corrected chi connectivity index (χ2v) is 6.82. The zero-order valence-electron chi connectivity index (χ0n) is 11.9. The van der Waals surface area contributed by atoms with Crippen molar-refractivity contribution in [2.75, 3.05) is 11.9 Å². The molecule has 0 radical (unpaired) electrons. The molecule has 0 saturated heterocycles. The third-order valence-electron chi connectivity index (χ3n) is 2.88. The minimum Gasteiger partial charge on any atom is -0.376 e. The molecular weight excluding hydrogens is 457 g/mol. The number of benzene rings is 2. The predicted octanol–water partition coefficient (Wildman–Crippen LogP) is 3.92. The van der Waals surface area contributed by atoms with Gasteiger partial charge in [-0.3, -0.25) is 4.79 Å². The monoisotopic (exact) mass is 471 g/mol. The predicted molar refractivity (Wildman–Crippen MR) is 102 cm³/mol. The van der Waals surface area contributed by atoms with Crippen molar-refractivity contribution in [3.63, 3.8) is 0 Å². The van der Waals surface area contributed by atoms with Crippen LogP contribution >= 0.6 is 38.5 Å². The Bertz CT molecular complexity index is 704. The number of carbonyl (C=O) groups is 1. The first-order valence-electron chi connectivity index (χ1n) is 6.62. The Labute approximate surface area is 151 Å². The number of rotatable bonds is 5. The first-order chi connectivity index (χ1) is 10.5. The van der Waals surface area contributed by atoms with Gasteiger partial charge in [0.25, 0.3) is 5.91 Å². The van der Waals surface area contributed by atoms with Crippen LogP contribution in [0.15, 0.2) is 52.0 Å². The van der Waals surface area contributed by atoms with Gasteiger partial charge in [0.15, 0.2) is 0 Å². The van der Waals surface area contributed by atoms with Crippen molar-refractivity contribution in [1.29, 1.82) is 0 Å². The van der Waals surface area contributed by atoms with E-state index in [1.807, 2.05) is 43.3 Å². The van der Waals surface area contributed by atoms with Crippen LogP contribution in [0, 0.1) is 10.5 Å². The van der Waals surface area contributed by atoms with E-state index in [-0.39, 0.29) is 12.5 Å². The van der Waals surface area contributed by atoms with E-state index in [4.69, 9.17) is 0 Å². The maximum atomic E-state index is 11.8. The summed E-state index contributed by atoms with van der Waals surface area (Å²) in [6.45, 7) is 2.19. The first-order valence-corrected chi connectivity index (χ1v) is 8.49. The van der Waals surface area contributed by atoms with E-state index in [2.05, 4.69) is 60.4 Å². The molecule has 0 aliphatic heterocycles. The van der Waals surface area contributed by atoms with Gasteiger partial charge >= 0.3 is 0 Å². The van der Waals surface area contributed by atoms with Crippen LogP contribution < -0.4 is 10.7 Å². The number of anilines is 1. The van der Waals surface area contributed by atoms with Crippen LogP contribution in [0.5, 0.6) is 0 Å². The fraction of sp³-hybridized carbons (Fsp3) is 0.125. The summed E-state index contributed by atoms with van der Waals surface area (Å²) in [5.74, 6) is -0.191. The van der Waals surface area contributed by atoms with Crippen molar-refractivity contribution in [2.24, 2.45) is 5.10 Å². The highest BCUT2D eigenvalue weighted by molar-refractivity contribution is 14.1. The molecule has 22 heavy (non-hydrogen) atoms. The van der Waals surface area contributed by atoms with Gasteiger partial charge in [0.2, 0.25) is 0 Å². The average Bonchev–Trinajstić information content (AvgIpc) is 2.46. The van der Waals surface area contributed by atoms with Crippen LogP contribution in [0.25, 0.3) is 0 Å². The molecule has 2 aromatic carbocycles. The van der Waals surface area contributed by atoms with E-state index in [0.717, 1.165) is 21.3 Å². The molecule has 0 atom stereocenters. The van der Waals surface area contributed by atoms with Crippen LogP contribution in [0.4, 0.5) is 5.69 Å². The van der Waals surface area contributed by atoms with Gasteiger partial charge in [-0.25, -0.2) is 5.43 Å². The summed E-state index contributed by atoms with van der Waals surface area (Å²) in [5.41, 5.74) is 5.48. The normalized spacial score (nSPS) is 10.7. The summed E-state index contributed by atoms with van der Waals surface area (Å²) in [4.78, 5) is 11.8. The summed E-state index contributed by atoms with van der Waals surface area (Å²) in [6, 6.07) is 13.7. The Kier molecular flexibility index (Phi) is 6.38. The minimum absolute atomic E-state index is 0.178. The molecule has 0 aliphatic rings. The molecule has 0 heterocycles. The fourth-order valence-electron chi connectivity index (χ4n) is 1.81. The van der Waals surface area contributed by atoms with Crippen molar-refractivity contribution in [3.8, 4) is 0 Å². The topological polar surface area (TPSA) is 53.5 Å². The molecule has 0 unspecified atom stereocenters. The van der Waals surface area contributed by atoms with Gasteiger partial charge in [0.1, 0.15) is 0 Å². The quantitative estimate of drug-likeness (QED) is 0.394. The van der Waals surface area contributed by atoms with Gasteiger partial charge in [0, 0.05) is 13.7 Å².